The molecule has 0 saturated carbocycles. The topological polar surface area (TPSA) is 175 Å². The molecule has 3 N–H and O–H groups in total. The summed E-state index contributed by atoms with van der Waals surface area (Å²) in [4.78, 5) is 61.1. The third-order valence-electron chi connectivity index (χ3n) is 8.15. The fourth-order valence-corrected chi connectivity index (χ4v) is 5.51. The first kappa shape index (κ1) is 35.1. The van der Waals surface area contributed by atoms with Crippen LogP contribution in [0.4, 0.5) is 21.0 Å². The van der Waals surface area contributed by atoms with E-state index in [1.807, 2.05) is 48.5 Å². The van der Waals surface area contributed by atoms with Gasteiger partial charge in [-0.05, 0) is 64.9 Å². The summed E-state index contributed by atoms with van der Waals surface area (Å²) in [5.41, 5.74) is 5.25. The molecule has 4 aromatic carbocycles. The normalized spacial score (nSPS) is 12.9. The molecule has 50 heavy (non-hydrogen) atoms. The molecule has 0 saturated heterocycles. The quantitative estimate of drug-likeness (QED) is 0.0669. The van der Waals surface area contributed by atoms with Crippen molar-refractivity contribution >= 4 is 35.4 Å². The molecule has 0 heterocycles. The lowest BCUT2D eigenvalue weighted by Crippen LogP contribution is -2.53. The van der Waals surface area contributed by atoms with Crippen molar-refractivity contribution in [1.82, 2.24) is 10.6 Å². The summed E-state index contributed by atoms with van der Waals surface area (Å²) < 4.78 is 15.7. The van der Waals surface area contributed by atoms with Crippen molar-refractivity contribution in [1.29, 1.82) is 0 Å². The molecule has 0 radical (unpaired) electrons. The number of rotatable bonds is 12. The molecule has 0 unspecified atom stereocenters. The van der Waals surface area contributed by atoms with Crippen molar-refractivity contribution in [2.45, 2.75) is 45.4 Å². The average molecular weight is 681 g/mol. The molecule has 4 aromatic rings. The molecular formula is C37H36N4O9. The monoisotopic (exact) mass is 680 g/mol. The molecule has 258 valence electrons. The highest BCUT2D eigenvalue weighted by molar-refractivity contribution is 5.98. The van der Waals surface area contributed by atoms with E-state index in [1.165, 1.54) is 31.2 Å². The largest absolute Gasteiger partial charge is 0.514 e. The Bertz CT molecular complexity index is 1830. The third-order valence-corrected chi connectivity index (χ3v) is 8.15. The molecule has 1 aliphatic rings. The number of hydrogen-bond donors (Lipinski definition) is 3. The van der Waals surface area contributed by atoms with E-state index in [-0.39, 0.29) is 36.5 Å². The molecule has 0 spiro atoms. The maximum absolute atomic E-state index is 13.2. The van der Waals surface area contributed by atoms with Gasteiger partial charge in [0.25, 0.3) is 5.69 Å². The number of non-ortho nitro benzene ring substituents is 1. The number of alkyl carbamates (subject to hydrolysis) is 1. The number of carbonyl (C=O) groups is 4. The number of fused-ring (bicyclic) bond motifs is 3. The van der Waals surface area contributed by atoms with Crippen LogP contribution in [-0.4, -0.2) is 47.7 Å². The molecule has 2 atom stereocenters. The number of carbonyl (C=O) groups excluding carboxylic acids is 4. The second-order valence-electron chi connectivity index (χ2n) is 12.0. The number of ether oxygens (including phenoxy) is 3. The van der Waals surface area contributed by atoms with Gasteiger partial charge < -0.3 is 30.2 Å². The van der Waals surface area contributed by atoms with Crippen molar-refractivity contribution in [3.05, 3.63) is 124 Å². The van der Waals surface area contributed by atoms with E-state index >= 15 is 0 Å². The van der Waals surface area contributed by atoms with E-state index in [0.29, 0.717) is 11.3 Å². The average Bonchev–Trinajstić information content (AvgIpc) is 3.42. The van der Waals surface area contributed by atoms with Gasteiger partial charge in [0.05, 0.1) is 4.92 Å². The molecule has 1 aliphatic carbocycles. The Labute approximate surface area is 288 Å². The fraction of sp³-hybridized carbons (Fsp3) is 0.243. The molecule has 3 amide bonds. The number of benzene rings is 4. The fourth-order valence-electron chi connectivity index (χ4n) is 5.51. The molecule has 0 aromatic heterocycles. The molecule has 0 fully saturated rings. The van der Waals surface area contributed by atoms with E-state index in [0.717, 1.165) is 22.3 Å². The van der Waals surface area contributed by atoms with Crippen LogP contribution in [0.1, 0.15) is 43.4 Å². The first-order valence-corrected chi connectivity index (χ1v) is 15.9. The van der Waals surface area contributed by atoms with E-state index in [4.69, 9.17) is 14.2 Å². The Morgan fingerprint density at radius 3 is 1.94 bits per heavy atom. The summed E-state index contributed by atoms with van der Waals surface area (Å²) in [5.74, 6) is -1.36. The molecule has 5 rings (SSSR count). The molecule has 0 bridgehead atoms. The van der Waals surface area contributed by atoms with Gasteiger partial charge in [-0.15, -0.1) is 0 Å². The molecule has 0 aliphatic heterocycles. The molecular weight excluding hydrogens is 644 g/mol. The lowest BCUT2D eigenvalue weighted by atomic mass is 9.98. The van der Waals surface area contributed by atoms with Gasteiger partial charge in [-0.3, -0.25) is 19.7 Å². The van der Waals surface area contributed by atoms with Gasteiger partial charge in [0.1, 0.15) is 31.0 Å². The summed E-state index contributed by atoms with van der Waals surface area (Å²) >= 11 is 0. The smallest absolute Gasteiger partial charge is 0.449 e. The van der Waals surface area contributed by atoms with E-state index in [9.17, 15) is 29.3 Å². The van der Waals surface area contributed by atoms with Gasteiger partial charge in [0, 0.05) is 23.7 Å². The first-order valence-electron chi connectivity index (χ1n) is 15.9. The minimum atomic E-state index is -0.992. The molecule has 13 nitrogen and oxygen atoms in total. The summed E-state index contributed by atoms with van der Waals surface area (Å²) in [6, 6.07) is 25.5. The Morgan fingerprint density at radius 2 is 1.36 bits per heavy atom. The summed E-state index contributed by atoms with van der Waals surface area (Å²) in [6.45, 7) is 5.05. The number of nitrogens with zero attached hydrogens (tertiary/aromatic N) is 1. The number of nitro benzene ring substituents is 1. The van der Waals surface area contributed by atoms with Crippen LogP contribution in [0.2, 0.25) is 0 Å². The SMILES string of the molecule is CC(C)[C@H](NC(=O)OCC1c2ccccc2-c2ccccc21)C(=O)N[C@@H](C)C(=O)Nc1ccc(COC(=O)Oc2ccc([N+](=O)[O-])cc2)cc1. The zero-order valence-electron chi connectivity index (χ0n) is 27.6. The zero-order chi connectivity index (χ0) is 35.8. The minimum absolute atomic E-state index is 0.0904. The molecule has 13 heteroatoms. The van der Waals surface area contributed by atoms with Crippen LogP contribution < -0.4 is 20.7 Å². The summed E-state index contributed by atoms with van der Waals surface area (Å²) in [5, 5.41) is 18.8. The standard InChI is InChI=1S/C37H36N4O9/c1-22(2)33(40-36(44)48-21-32-30-10-6-4-8-28(30)29-9-5-7-11-31(29)32)35(43)38-23(3)34(42)39-25-14-12-24(13-15-25)20-49-37(45)50-27-18-16-26(17-19-27)41(46)47/h4-19,22-23,32-33H,20-21H2,1-3H3,(H,38,43)(H,39,42)(H,40,44)/t23-,33-/m0/s1. The highest BCUT2D eigenvalue weighted by atomic mass is 16.7. The summed E-state index contributed by atoms with van der Waals surface area (Å²) in [6.07, 6.45) is -1.73. The van der Waals surface area contributed by atoms with Gasteiger partial charge in [0.15, 0.2) is 0 Å². The Kier molecular flexibility index (Phi) is 11.1. The van der Waals surface area contributed by atoms with Crippen LogP contribution in [0, 0.1) is 16.0 Å². The van der Waals surface area contributed by atoms with Crippen LogP contribution in [0.25, 0.3) is 11.1 Å². The maximum Gasteiger partial charge on any atom is 0.514 e. The van der Waals surface area contributed by atoms with Gasteiger partial charge in [-0.2, -0.15) is 0 Å². The van der Waals surface area contributed by atoms with Crippen molar-refractivity contribution in [2.24, 2.45) is 5.92 Å². The minimum Gasteiger partial charge on any atom is -0.449 e. The van der Waals surface area contributed by atoms with Crippen LogP contribution in [0.15, 0.2) is 97.1 Å². The first-order chi connectivity index (χ1) is 24.0. The van der Waals surface area contributed by atoms with Gasteiger partial charge >= 0.3 is 12.2 Å². The van der Waals surface area contributed by atoms with Crippen LogP contribution in [0.3, 0.4) is 0 Å². The lowest BCUT2D eigenvalue weighted by molar-refractivity contribution is -0.384. The highest BCUT2D eigenvalue weighted by Crippen LogP contribution is 2.44. The third kappa shape index (κ3) is 8.61. The van der Waals surface area contributed by atoms with Crippen LogP contribution >= 0.6 is 0 Å². The second-order valence-corrected chi connectivity index (χ2v) is 12.0. The maximum atomic E-state index is 13.2. The van der Waals surface area contributed by atoms with Crippen molar-refractivity contribution in [3.8, 4) is 16.9 Å². The highest BCUT2D eigenvalue weighted by Gasteiger charge is 2.31. The number of nitrogens with one attached hydrogen (secondary N) is 3. The van der Waals surface area contributed by atoms with Gasteiger partial charge in [-0.1, -0.05) is 74.5 Å². The lowest BCUT2D eigenvalue weighted by Gasteiger charge is -2.24. The number of amides is 3. The van der Waals surface area contributed by atoms with Crippen LogP contribution in [0.5, 0.6) is 5.75 Å². The Hall–Kier alpha value is -6.24. The van der Waals surface area contributed by atoms with Gasteiger partial charge in [0.2, 0.25) is 11.8 Å². The van der Waals surface area contributed by atoms with Crippen molar-refractivity contribution in [3.63, 3.8) is 0 Å². The van der Waals surface area contributed by atoms with Crippen molar-refractivity contribution < 1.29 is 38.3 Å². The number of anilines is 1. The zero-order valence-corrected chi connectivity index (χ0v) is 27.6. The number of hydrogen-bond acceptors (Lipinski definition) is 9. The predicted octanol–water partition coefficient (Wildman–Crippen LogP) is 6.32. The van der Waals surface area contributed by atoms with E-state index in [2.05, 4.69) is 16.0 Å². The number of nitro groups is 1. The second kappa shape index (κ2) is 15.8. The van der Waals surface area contributed by atoms with E-state index < -0.39 is 41.1 Å². The summed E-state index contributed by atoms with van der Waals surface area (Å²) in [7, 11) is 0. The Balaban J connectivity index is 1.07. The Morgan fingerprint density at radius 1 is 0.760 bits per heavy atom. The van der Waals surface area contributed by atoms with E-state index in [1.54, 1.807) is 38.1 Å². The van der Waals surface area contributed by atoms with Crippen LogP contribution in [-0.2, 0) is 25.7 Å². The van der Waals surface area contributed by atoms with Crippen molar-refractivity contribution in [2.75, 3.05) is 11.9 Å². The predicted molar refractivity (Wildman–Crippen MR) is 183 cm³/mol. The van der Waals surface area contributed by atoms with Gasteiger partial charge in [-0.25, -0.2) is 9.59 Å².